The van der Waals surface area contributed by atoms with Crippen LogP contribution in [0.2, 0.25) is 5.02 Å². The Morgan fingerprint density at radius 1 is 1.18 bits per heavy atom. The van der Waals surface area contributed by atoms with Crippen LogP contribution in [0.4, 0.5) is 8.78 Å². The van der Waals surface area contributed by atoms with Gasteiger partial charge in [-0.1, -0.05) is 23.7 Å². The first-order valence-corrected chi connectivity index (χ1v) is 11.7. The number of carbonyl (C=O) groups is 1. The van der Waals surface area contributed by atoms with Crippen LogP contribution in [0.15, 0.2) is 54.4 Å². The molecular formula is C24H22ClF2N3O2S. The number of carbonyl (C=O) groups excluding carboxylic acids is 1. The van der Waals surface area contributed by atoms with E-state index in [9.17, 15) is 13.6 Å². The normalized spacial score (nSPS) is 14.3. The maximum absolute atomic E-state index is 14.8. The van der Waals surface area contributed by atoms with Crippen LogP contribution < -0.4 is 4.74 Å². The van der Waals surface area contributed by atoms with Crippen LogP contribution in [0.1, 0.15) is 16.1 Å². The summed E-state index contributed by atoms with van der Waals surface area (Å²) in [7, 11) is 0. The molecule has 0 saturated carbocycles. The van der Waals surface area contributed by atoms with Crippen molar-refractivity contribution in [1.29, 1.82) is 0 Å². The third-order valence-corrected chi connectivity index (χ3v) is 6.62. The fourth-order valence-electron chi connectivity index (χ4n) is 3.56. The van der Waals surface area contributed by atoms with Crippen molar-refractivity contribution in [3.63, 3.8) is 0 Å². The topological polar surface area (TPSA) is 45.7 Å². The van der Waals surface area contributed by atoms with Crippen LogP contribution >= 0.6 is 22.9 Å². The van der Waals surface area contributed by atoms with Gasteiger partial charge in [-0.25, -0.2) is 13.8 Å². The highest BCUT2D eigenvalue weighted by Gasteiger charge is 2.24. The Morgan fingerprint density at radius 2 is 1.97 bits per heavy atom. The predicted molar refractivity (Wildman–Crippen MR) is 126 cm³/mol. The van der Waals surface area contributed by atoms with Gasteiger partial charge in [-0.15, -0.1) is 17.9 Å². The molecule has 9 heteroatoms. The molecule has 0 aliphatic carbocycles. The third kappa shape index (κ3) is 5.40. The first-order valence-electron chi connectivity index (χ1n) is 10.4. The van der Waals surface area contributed by atoms with E-state index in [0.29, 0.717) is 23.8 Å². The summed E-state index contributed by atoms with van der Waals surface area (Å²) in [5, 5.41) is 2.30. The van der Waals surface area contributed by atoms with Crippen LogP contribution in [0.25, 0.3) is 10.6 Å². The molecule has 0 N–H and O–H groups in total. The van der Waals surface area contributed by atoms with Crippen molar-refractivity contribution in [2.24, 2.45) is 0 Å². The van der Waals surface area contributed by atoms with Gasteiger partial charge in [-0.2, -0.15) is 0 Å². The molecule has 0 bridgehead atoms. The first kappa shape index (κ1) is 23.4. The molecule has 1 fully saturated rings. The summed E-state index contributed by atoms with van der Waals surface area (Å²) in [5.41, 5.74) is 0.782. The molecule has 5 nitrogen and oxygen atoms in total. The van der Waals surface area contributed by atoms with E-state index in [1.807, 2.05) is 6.08 Å². The SMILES string of the molecule is C=CCN1CCN(C(=O)c2csc(-c3ccc(OCc4c(F)cccc4Cl)cc3F)n2)CC1. The fourth-order valence-corrected chi connectivity index (χ4v) is 4.60. The molecule has 33 heavy (non-hydrogen) atoms. The Kier molecular flexibility index (Phi) is 7.37. The lowest BCUT2D eigenvalue weighted by atomic mass is 10.2. The molecule has 1 aliphatic heterocycles. The molecule has 1 amide bonds. The van der Waals surface area contributed by atoms with Crippen molar-refractivity contribution in [3.05, 3.63) is 82.3 Å². The number of piperazine rings is 1. The highest BCUT2D eigenvalue weighted by molar-refractivity contribution is 7.13. The van der Waals surface area contributed by atoms with E-state index in [-0.39, 0.29) is 34.4 Å². The zero-order chi connectivity index (χ0) is 23.4. The number of nitrogens with zero attached hydrogens (tertiary/aromatic N) is 3. The van der Waals surface area contributed by atoms with Gasteiger partial charge in [0.1, 0.15) is 34.7 Å². The van der Waals surface area contributed by atoms with E-state index >= 15 is 0 Å². The molecule has 2 heterocycles. The number of hydrogen-bond acceptors (Lipinski definition) is 5. The van der Waals surface area contributed by atoms with Gasteiger partial charge in [0.05, 0.1) is 5.02 Å². The number of rotatable bonds is 7. The van der Waals surface area contributed by atoms with E-state index in [4.69, 9.17) is 16.3 Å². The Balaban J connectivity index is 1.42. The summed E-state index contributed by atoms with van der Waals surface area (Å²) in [5.74, 6) is -0.945. The zero-order valence-corrected chi connectivity index (χ0v) is 19.3. The second kappa shape index (κ2) is 10.4. The summed E-state index contributed by atoms with van der Waals surface area (Å²) in [6, 6.07) is 8.69. The number of benzene rings is 2. The molecular weight excluding hydrogens is 468 g/mol. The standard InChI is InChI=1S/C24H22ClF2N3O2S/c1-2-8-29-9-11-30(12-10-29)24(31)22-15-33-23(28-22)17-7-6-16(13-21(17)27)32-14-18-19(25)4-3-5-20(18)26/h2-7,13,15H,1,8-12,14H2. The summed E-state index contributed by atoms with van der Waals surface area (Å²) in [4.78, 5) is 21.2. The lowest BCUT2D eigenvalue weighted by Crippen LogP contribution is -2.48. The lowest BCUT2D eigenvalue weighted by molar-refractivity contribution is 0.0645. The minimum absolute atomic E-state index is 0.125. The highest BCUT2D eigenvalue weighted by atomic mass is 35.5. The second-order valence-corrected chi connectivity index (χ2v) is 8.82. The van der Waals surface area contributed by atoms with Gasteiger partial charge in [0.25, 0.3) is 5.91 Å². The number of halogens is 3. The van der Waals surface area contributed by atoms with Gasteiger partial charge in [-0.05, 0) is 24.3 Å². The molecule has 172 valence electrons. The maximum atomic E-state index is 14.8. The molecule has 0 unspecified atom stereocenters. The predicted octanol–water partition coefficient (Wildman–Crippen LogP) is 5.26. The van der Waals surface area contributed by atoms with Gasteiger partial charge in [-0.3, -0.25) is 9.69 Å². The van der Waals surface area contributed by atoms with Gasteiger partial charge < -0.3 is 9.64 Å². The van der Waals surface area contributed by atoms with Crippen molar-refractivity contribution in [3.8, 4) is 16.3 Å². The Morgan fingerprint density at radius 3 is 2.67 bits per heavy atom. The molecule has 3 aromatic rings. The molecule has 1 saturated heterocycles. The van der Waals surface area contributed by atoms with Gasteiger partial charge in [0, 0.05) is 55.3 Å². The van der Waals surface area contributed by atoms with Gasteiger partial charge >= 0.3 is 0 Å². The Hall–Kier alpha value is -2.81. The maximum Gasteiger partial charge on any atom is 0.273 e. The second-order valence-electron chi connectivity index (χ2n) is 7.55. The molecule has 1 aliphatic rings. The third-order valence-electron chi connectivity index (χ3n) is 5.39. The van der Waals surface area contributed by atoms with Gasteiger partial charge in [0.15, 0.2) is 0 Å². The van der Waals surface area contributed by atoms with Crippen LogP contribution in [-0.4, -0.2) is 53.4 Å². The summed E-state index contributed by atoms with van der Waals surface area (Å²) < 4.78 is 34.2. The van der Waals surface area contributed by atoms with Crippen molar-refractivity contribution in [2.45, 2.75) is 6.61 Å². The Bertz CT molecular complexity index is 1140. The number of hydrogen-bond donors (Lipinski definition) is 0. The molecule has 0 radical (unpaired) electrons. The molecule has 1 aromatic heterocycles. The minimum atomic E-state index is -0.543. The first-order chi connectivity index (χ1) is 16.0. The van der Waals surface area contributed by atoms with Crippen LogP contribution in [-0.2, 0) is 6.61 Å². The van der Waals surface area contributed by atoms with Crippen LogP contribution in [0.5, 0.6) is 5.75 Å². The number of amides is 1. The molecule has 4 rings (SSSR count). The average Bonchev–Trinajstić information content (AvgIpc) is 3.29. The minimum Gasteiger partial charge on any atom is -0.489 e. The van der Waals surface area contributed by atoms with E-state index in [0.717, 1.165) is 19.6 Å². The van der Waals surface area contributed by atoms with E-state index < -0.39 is 11.6 Å². The van der Waals surface area contributed by atoms with Crippen molar-refractivity contribution < 1.29 is 18.3 Å². The summed E-state index contributed by atoms with van der Waals surface area (Å²) >= 11 is 7.21. The van der Waals surface area contributed by atoms with Crippen LogP contribution in [0, 0.1) is 11.6 Å². The number of ether oxygens (including phenoxy) is 1. The fraction of sp³-hybridized carbons (Fsp3) is 0.250. The van der Waals surface area contributed by atoms with Crippen molar-refractivity contribution in [2.75, 3.05) is 32.7 Å². The lowest BCUT2D eigenvalue weighted by Gasteiger charge is -2.33. The molecule has 0 spiro atoms. The van der Waals surface area contributed by atoms with Crippen molar-refractivity contribution >= 4 is 28.8 Å². The van der Waals surface area contributed by atoms with Crippen molar-refractivity contribution in [1.82, 2.24) is 14.8 Å². The molecule has 2 aromatic carbocycles. The van der Waals surface area contributed by atoms with Gasteiger partial charge in [0.2, 0.25) is 0 Å². The monoisotopic (exact) mass is 489 g/mol. The number of thiazole rings is 1. The number of aromatic nitrogens is 1. The zero-order valence-electron chi connectivity index (χ0n) is 17.8. The largest absolute Gasteiger partial charge is 0.489 e. The highest BCUT2D eigenvalue weighted by Crippen LogP contribution is 2.30. The molecule has 0 atom stereocenters. The Labute approximate surface area is 199 Å². The quantitative estimate of drug-likeness (QED) is 0.424. The van der Waals surface area contributed by atoms with E-state index in [2.05, 4.69) is 16.5 Å². The van der Waals surface area contributed by atoms with Crippen LogP contribution in [0.3, 0.4) is 0 Å². The van der Waals surface area contributed by atoms with E-state index in [1.54, 1.807) is 22.4 Å². The summed E-state index contributed by atoms with van der Waals surface area (Å²) in [6.45, 7) is 7.21. The smallest absolute Gasteiger partial charge is 0.273 e. The van der Waals surface area contributed by atoms with E-state index in [1.165, 1.54) is 35.6 Å². The summed E-state index contributed by atoms with van der Waals surface area (Å²) in [6.07, 6.45) is 1.85. The average molecular weight is 490 g/mol.